The number of carbonyl (C=O) groups is 2. The number of likely N-dealkylation sites (tertiary alicyclic amines) is 1. The number of methoxy groups -OCH3 is 1. The van der Waals surface area contributed by atoms with Crippen LogP contribution in [0.1, 0.15) is 54.4 Å². The first-order valence-corrected chi connectivity index (χ1v) is 12.6. The highest BCUT2D eigenvalue weighted by molar-refractivity contribution is 5.88. The topological polar surface area (TPSA) is 79.6 Å². The number of benzene rings is 2. The minimum atomic E-state index is -5.02. The maximum atomic E-state index is 14.5. The number of halogens is 3. The molecule has 1 amide bonds. The minimum absolute atomic E-state index is 0.0741. The summed E-state index contributed by atoms with van der Waals surface area (Å²) in [6.07, 6.45) is -4.80. The van der Waals surface area contributed by atoms with Gasteiger partial charge in [0.25, 0.3) is 11.5 Å². The molecule has 1 heterocycles. The molecule has 9 heteroatoms. The normalized spacial score (nSPS) is 17.7. The molecule has 1 aliphatic rings. The largest absolute Gasteiger partial charge is 0.466 e. The zero-order chi connectivity index (χ0) is 28.1. The third-order valence-corrected chi connectivity index (χ3v) is 7.73. The number of nitriles is 1. The molecule has 1 aliphatic heterocycles. The van der Waals surface area contributed by atoms with Crippen molar-refractivity contribution in [2.24, 2.45) is 5.41 Å². The third kappa shape index (κ3) is 5.28. The van der Waals surface area contributed by atoms with Crippen LogP contribution in [-0.2, 0) is 24.7 Å². The highest BCUT2D eigenvalue weighted by Gasteiger charge is 2.64. The van der Waals surface area contributed by atoms with Crippen molar-refractivity contribution in [1.29, 1.82) is 5.26 Å². The summed E-state index contributed by atoms with van der Waals surface area (Å²) in [6, 6.07) is 14.8. The molecule has 38 heavy (non-hydrogen) atoms. The molecule has 0 radical (unpaired) electrons. The summed E-state index contributed by atoms with van der Waals surface area (Å²) >= 11 is 0. The molecule has 1 fully saturated rings. The lowest BCUT2D eigenvalue weighted by Gasteiger charge is -2.46. The van der Waals surface area contributed by atoms with E-state index in [-0.39, 0.29) is 44.5 Å². The Kier molecular flexibility index (Phi) is 8.88. The molecule has 3 rings (SSSR count). The smallest absolute Gasteiger partial charge is 0.430 e. The highest BCUT2D eigenvalue weighted by Crippen LogP contribution is 2.50. The van der Waals surface area contributed by atoms with Gasteiger partial charge in [0.15, 0.2) is 0 Å². The zero-order valence-corrected chi connectivity index (χ0v) is 22.1. The van der Waals surface area contributed by atoms with Crippen LogP contribution in [0, 0.1) is 30.6 Å². The van der Waals surface area contributed by atoms with Crippen LogP contribution < -0.4 is 0 Å². The van der Waals surface area contributed by atoms with Crippen molar-refractivity contribution < 1.29 is 32.2 Å². The van der Waals surface area contributed by atoms with Crippen molar-refractivity contribution in [2.75, 3.05) is 26.8 Å². The summed E-state index contributed by atoms with van der Waals surface area (Å²) in [4.78, 5) is 27.4. The number of amides is 1. The summed E-state index contributed by atoms with van der Waals surface area (Å²) in [7, 11) is 0.875. The monoisotopic (exact) mass is 530 g/mol. The zero-order valence-electron chi connectivity index (χ0n) is 22.1. The number of hydrogen-bond acceptors (Lipinski definition) is 5. The van der Waals surface area contributed by atoms with Gasteiger partial charge in [-0.1, -0.05) is 48.5 Å². The van der Waals surface area contributed by atoms with E-state index in [0.29, 0.717) is 0 Å². The molecule has 1 unspecified atom stereocenters. The fraction of sp³-hybridized carbons (Fsp3) is 0.483. The molecule has 2 atom stereocenters. The molecule has 0 aromatic heterocycles. The standard InChI is InChI=1S/C29H33F3N2O4/c1-5-38-25(35)18-27(24(19-33)23-13-9-10-20(2)21(23)3)14-16-34(17-15-27)26(36)28(37-4,29(30,31)32)22-11-7-6-8-12-22/h6-13,24H,5,14-18H2,1-4H3/t24?,28-/m1/s1. The summed E-state index contributed by atoms with van der Waals surface area (Å²) in [5.41, 5.74) is -1.73. The Hall–Kier alpha value is -3.38. The van der Waals surface area contributed by atoms with Crippen LogP contribution in [0.4, 0.5) is 13.2 Å². The third-order valence-electron chi connectivity index (χ3n) is 7.73. The van der Waals surface area contributed by atoms with E-state index in [0.717, 1.165) is 28.7 Å². The van der Waals surface area contributed by atoms with Crippen LogP contribution in [0.2, 0.25) is 0 Å². The van der Waals surface area contributed by atoms with Gasteiger partial charge in [-0.25, -0.2) is 0 Å². The predicted octanol–water partition coefficient (Wildman–Crippen LogP) is 5.58. The average Bonchev–Trinajstić information content (AvgIpc) is 2.88. The number of nitrogens with zero attached hydrogens (tertiary/aromatic N) is 2. The molecule has 2 aromatic carbocycles. The van der Waals surface area contributed by atoms with Gasteiger partial charge in [0, 0.05) is 31.2 Å². The van der Waals surface area contributed by atoms with Gasteiger partial charge in [-0.3, -0.25) is 9.59 Å². The van der Waals surface area contributed by atoms with Gasteiger partial charge in [0.05, 0.1) is 25.0 Å². The second kappa shape index (κ2) is 11.6. The molecule has 0 saturated carbocycles. The lowest BCUT2D eigenvalue weighted by Crippen LogP contribution is -2.59. The van der Waals surface area contributed by atoms with E-state index in [1.54, 1.807) is 13.0 Å². The molecule has 0 bridgehead atoms. The van der Waals surface area contributed by atoms with Crippen molar-refractivity contribution in [3.8, 4) is 6.07 Å². The van der Waals surface area contributed by atoms with Crippen molar-refractivity contribution >= 4 is 11.9 Å². The van der Waals surface area contributed by atoms with Gasteiger partial charge in [-0.2, -0.15) is 18.4 Å². The van der Waals surface area contributed by atoms with Crippen LogP contribution >= 0.6 is 0 Å². The molecule has 0 aliphatic carbocycles. The second-order valence-corrected chi connectivity index (χ2v) is 9.74. The number of rotatable bonds is 8. The van der Waals surface area contributed by atoms with E-state index in [2.05, 4.69) is 6.07 Å². The first kappa shape index (κ1) is 29.2. The lowest BCUT2D eigenvalue weighted by atomic mass is 9.64. The van der Waals surface area contributed by atoms with Gasteiger partial charge in [0.2, 0.25) is 0 Å². The summed E-state index contributed by atoms with van der Waals surface area (Å²) < 4.78 is 53.6. The van der Waals surface area contributed by atoms with Crippen LogP contribution in [-0.4, -0.2) is 49.8 Å². The van der Waals surface area contributed by atoms with Crippen LogP contribution in [0.15, 0.2) is 48.5 Å². The molecule has 6 nitrogen and oxygen atoms in total. The Balaban J connectivity index is 2.00. The average molecular weight is 531 g/mol. The Morgan fingerprint density at radius 1 is 1.08 bits per heavy atom. The number of carbonyl (C=O) groups excluding carboxylic acids is 2. The number of alkyl halides is 3. The first-order valence-electron chi connectivity index (χ1n) is 12.6. The van der Waals surface area contributed by atoms with Crippen LogP contribution in [0.5, 0.6) is 0 Å². The Morgan fingerprint density at radius 2 is 1.71 bits per heavy atom. The van der Waals surface area contributed by atoms with Gasteiger partial charge in [-0.05, 0) is 50.3 Å². The molecule has 2 aromatic rings. The summed E-state index contributed by atoms with van der Waals surface area (Å²) in [5.74, 6) is -2.42. The molecule has 0 N–H and O–H groups in total. The molecule has 1 saturated heterocycles. The van der Waals surface area contributed by atoms with Gasteiger partial charge in [-0.15, -0.1) is 0 Å². The minimum Gasteiger partial charge on any atom is -0.466 e. The van der Waals surface area contributed by atoms with Crippen molar-refractivity contribution in [3.63, 3.8) is 0 Å². The maximum Gasteiger partial charge on any atom is 0.430 e. The molecule has 204 valence electrons. The van der Waals surface area contributed by atoms with Crippen LogP contribution in [0.25, 0.3) is 0 Å². The number of piperidine rings is 1. The number of hydrogen-bond donors (Lipinski definition) is 0. The van der Waals surface area contributed by atoms with E-state index in [9.17, 15) is 28.0 Å². The number of esters is 1. The Bertz CT molecular complexity index is 1180. The van der Waals surface area contributed by atoms with E-state index in [1.165, 1.54) is 24.3 Å². The number of aryl methyl sites for hydroxylation is 1. The fourth-order valence-electron chi connectivity index (χ4n) is 5.47. The fourth-order valence-corrected chi connectivity index (χ4v) is 5.47. The van der Waals surface area contributed by atoms with E-state index >= 15 is 0 Å². The van der Waals surface area contributed by atoms with Crippen molar-refractivity contribution in [1.82, 2.24) is 4.90 Å². The summed E-state index contributed by atoms with van der Waals surface area (Å²) in [6.45, 7) is 5.53. The predicted molar refractivity (Wildman–Crippen MR) is 135 cm³/mol. The Labute approximate surface area is 221 Å². The molecular formula is C29H33F3N2O4. The van der Waals surface area contributed by atoms with Crippen LogP contribution in [0.3, 0.4) is 0 Å². The molecular weight excluding hydrogens is 497 g/mol. The number of ether oxygens (including phenoxy) is 2. The Morgan fingerprint density at radius 3 is 2.24 bits per heavy atom. The van der Waals surface area contributed by atoms with E-state index in [1.807, 2.05) is 32.0 Å². The van der Waals surface area contributed by atoms with Crippen molar-refractivity contribution in [3.05, 3.63) is 70.8 Å². The lowest BCUT2D eigenvalue weighted by molar-refractivity contribution is -0.271. The van der Waals surface area contributed by atoms with Gasteiger partial charge in [0.1, 0.15) is 0 Å². The van der Waals surface area contributed by atoms with E-state index < -0.39 is 35.0 Å². The maximum absolute atomic E-state index is 14.5. The highest BCUT2D eigenvalue weighted by atomic mass is 19.4. The molecule has 0 spiro atoms. The van der Waals surface area contributed by atoms with Gasteiger partial charge < -0.3 is 14.4 Å². The summed E-state index contributed by atoms with van der Waals surface area (Å²) in [5, 5.41) is 10.3. The van der Waals surface area contributed by atoms with Gasteiger partial charge >= 0.3 is 12.1 Å². The second-order valence-electron chi connectivity index (χ2n) is 9.74. The SMILES string of the molecule is CCOC(=O)CC1(C(C#N)c2cccc(C)c2C)CCN(C(=O)[C@](OC)(c2ccccc2)C(F)(F)F)CC1. The first-order chi connectivity index (χ1) is 18.0. The quantitative estimate of drug-likeness (QED) is 0.417. The van der Waals surface area contributed by atoms with Crippen molar-refractivity contribution in [2.45, 2.75) is 57.7 Å². The van der Waals surface area contributed by atoms with E-state index in [4.69, 9.17) is 9.47 Å².